The summed E-state index contributed by atoms with van der Waals surface area (Å²) < 4.78 is 28.8. The number of hydrogen-bond donors (Lipinski definition) is 0. The van der Waals surface area contributed by atoms with E-state index in [0.29, 0.717) is 23.9 Å². The number of unbranched alkanes of at least 4 members (excludes halogenated alkanes) is 28. The molecular weight excluding hydrogens is 697 g/mol. The van der Waals surface area contributed by atoms with Crippen molar-refractivity contribution in [3.63, 3.8) is 0 Å². The molecule has 0 aromatic rings. The van der Waals surface area contributed by atoms with Gasteiger partial charge in [0.1, 0.15) is 18.9 Å². The lowest BCUT2D eigenvalue weighted by atomic mass is 9.99. The Hall–Kier alpha value is -0.790. The normalized spacial score (nSPS) is 13.6. The van der Waals surface area contributed by atoms with Gasteiger partial charge < -0.3 is 23.2 Å². The second kappa shape index (κ2) is 37.8. The first-order chi connectivity index (χ1) is 26.0. The summed E-state index contributed by atoms with van der Waals surface area (Å²) in [5, 5.41) is 0. The molecular formula is C45H90NO7P. The maximum Gasteiger partial charge on any atom is 0.305 e. The summed E-state index contributed by atoms with van der Waals surface area (Å²) in [4.78, 5) is 37.9. The van der Waals surface area contributed by atoms with Gasteiger partial charge in [-0.15, -0.1) is 0 Å². The Kier molecular flexibility index (Phi) is 37.2. The fraction of sp³-hybridized carbons (Fsp3) is 0.956. The van der Waals surface area contributed by atoms with Crippen LogP contribution in [-0.4, -0.2) is 63.7 Å². The van der Waals surface area contributed by atoms with Gasteiger partial charge in [-0.3, -0.25) is 14.2 Å². The largest absolute Gasteiger partial charge is 0.756 e. The van der Waals surface area contributed by atoms with Crippen molar-refractivity contribution in [3.05, 3.63) is 0 Å². The van der Waals surface area contributed by atoms with Gasteiger partial charge >= 0.3 is 5.97 Å². The Morgan fingerprint density at radius 2 is 0.870 bits per heavy atom. The van der Waals surface area contributed by atoms with Crippen molar-refractivity contribution in [2.75, 3.05) is 47.5 Å². The van der Waals surface area contributed by atoms with Crippen molar-refractivity contribution in [3.8, 4) is 0 Å². The highest BCUT2D eigenvalue weighted by Crippen LogP contribution is 2.39. The molecule has 0 fully saturated rings. The first-order valence-electron chi connectivity index (χ1n) is 23.1. The number of quaternary nitrogens is 1. The fourth-order valence-corrected chi connectivity index (χ4v) is 7.64. The van der Waals surface area contributed by atoms with Crippen LogP contribution >= 0.6 is 7.82 Å². The summed E-state index contributed by atoms with van der Waals surface area (Å²) in [5.74, 6) is -0.763. The molecule has 0 heterocycles. The quantitative estimate of drug-likeness (QED) is 0.0262. The number of hydrogen-bond acceptors (Lipinski definition) is 7. The Labute approximate surface area is 335 Å². The molecule has 0 amide bonds. The second-order valence-corrected chi connectivity index (χ2v) is 18.7. The molecule has 0 spiro atoms. The van der Waals surface area contributed by atoms with Gasteiger partial charge in [0.25, 0.3) is 7.82 Å². The van der Waals surface area contributed by atoms with E-state index in [4.69, 9.17) is 13.8 Å². The summed E-state index contributed by atoms with van der Waals surface area (Å²) >= 11 is 0. The number of likely N-dealkylation sites (N-methyl/N-ethyl adjacent to an activating group) is 1. The van der Waals surface area contributed by atoms with E-state index in [0.717, 1.165) is 38.5 Å². The summed E-state index contributed by atoms with van der Waals surface area (Å²) in [6.07, 6.45) is 39.0. The molecule has 54 heavy (non-hydrogen) atoms. The lowest BCUT2D eigenvalue weighted by Crippen LogP contribution is -2.37. The molecule has 9 heteroatoms. The predicted molar refractivity (Wildman–Crippen MR) is 226 cm³/mol. The number of phosphoric acid groups is 1. The van der Waals surface area contributed by atoms with Gasteiger partial charge in [0, 0.05) is 25.2 Å². The maximum atomic E-state index is 12.9. The third-order valence-electron chi connectivity index (χ3n) is 10.5. The maximum absolute atomic E-state index is 12.9. The zero-order valence-electron chi connectivity index (χ0n) is 36.5. The number of ketones is 1. The molecule has 0 rings (SSSR count). The molecule has 2 unspecified atom stereocenters. The van der Waals surface area contributed by atoms with Gasteiger partial charge in [-0.2, -0.15) is 0 Å². The number of ether oxygens (including phenoxy) is 1. The minimum atomic E-state index is -4.54. The molecule has 8 nitrogen and oxygen atoms in total. The van der Waals surface area contributed by atoms with Gasteiger partial charge in [-0.25, -0.2) is 0 Å². The monoisotopic (exact) mass is 788 g/mol. The first-order valence-corrected chi connectivity index (χ1v) is 24.5. The Morgan fingerprint density at radius 1 is 0.519 bits per heavy atom. The highest BCUT2D eigenvalue weighted by molar-refractivity contribution is 7.45. The number of carbonyl (C=O) groups is 2. The molecule has 0 N–H and O–H groups in total. The molecule has 0 aromatic carbocycles. The highest BCUT2D eigenvalue weighted by atomic mass is 31.2. The molecule has 322 valence electrons. The molecule has 0 radical (unpaired) electrons. The average molecular weight is 788 g/mol. The van der Waals surface area contributed by atoms with Crippen LogP contribution in [0.3, 0.4) is 0 Å². The number of Topliss-reactive ketones (excluding diaryl/α,β-unsaturated/α-hetero) is 1. The van der Waals surface area contributed by atoms with E-state index in [1.807, 2.05) is 21.1 Å². The van der Waals surface area contributed by atoms with E-state index in [1.54, 1.807) is 0 Å². The molecule has 0 aliphatic rings. The number of carbonyl (C=O) groups excluding carboxylic acids is 2. The summed E-state index contributed by atoms with van der Waals surface area (Å²) in [6, 6.07) is 0. The van der Waals surface area contributed by atoms with Crippen LogP contribution in [0.4, 0.5) is 0 Å². The van der Waals surface area contributed by atoms with Crippen molar-refractivity contribution in [2.45, 2.75) is 226 Å². The van der Waals surface area contributed by atoms with Crippen LogP contribution in [0.25, 0.3) is 0 Å². The lowest BCUT2D eigenvalue weighted by Gasteiger charge is -2.28. The van der Waals surface area contributed by atoms with Crippen molar-refractivity contribution < 1.29 is 37.3 Å². The van der Waals surface area contributed by atoms with Crippen LogP contribution in [0.2, 0.25) is 0 Å². The first kappa shape index (κ1) is 53.2. The van der Waals surface area contributed by atoms with E-state index in [1.165, 1.54) is 154 Å². The minimum absolute atomic E-state index is 0.0152. The number of esters is 1. The zero-order valence-corrected chi connectivity index (χ0v) is 37.4. The van der Waals surface area contributed by atoms with Crippen LogP contribution in [0.15, 0.2) is 0 Å². The number of rotatable bonds is 43. The molecule has 0 saturated heterocycles. The third kappa shape index (κ3) is 40.9. The lowest BCUT2D eigenvalue weighted by molar-refractivity contribution is -0.870. The van der Waals surface area contributed by atoms with E-state index in [2.05, 4.69) is 13.8 Å². The van der Waals surface area contributed by atoms with Crippen molar-refractivity contribution in [1.82, 2.24) is 0 Å². The smallest absolute Gasteiger partial charge is 0.305 e. The summed E-state index contributed by atoms with van der Waals surface area (Å²) in [6.45, 7) is 4.79. The zero-order chi connectivity index (χ0) is 40.0. The summed E-state index contributed by atoms with van der Waals surface area (Å²) in [5.41, 5.74) is 0. The van der Waals surface area contributed by atoms with Crippen molar-refractivity contribution >= 4 is 19.6 Å². The van der Waals surface area contributed by atoms with Crippen LogP contribution in [0.5, 0.6) is 0 Å². The van der Waals surface area contributed by atoms with Crippen LogP contribution in [-0.2, 0) is 27.9 Å². The van der Waals surface area contributed by atoms with E-state index < -0.39 is 13.7 Å². The molecule has 0 aromatic heterocycles. The molecule has 2 atom stereocenters. The van der Waals surface area contributed by atoms with Gasteiger partial charge in [-0.1, -0.05) is 194 Å². The fourth-order valence-electron chi connectivity index (χ4n) is 6.87. The Balaban J connectivity index is 4.30. The van der Waals surface area contributed by atoms with E-state index in [9.17, 15) is 19.0 Å². The van der Waals surface area contributed by atoms with Crippen LogP contribution in [0, 0.1) is 5.92 Å². The van der Waals surface area contributed by atoms with Gasteiger partial charge in [0.15, 0.2) is 0 Å². The van der Waals surface area contributed by atoms with Gasteiger partial charge in [-0.05, 0) is 12.8 Å². The number of phosphoric ester groups is 1. The van der Waals surface area contributed by atoms with Crippen molar-refractivity contribution in [2.24, 2.45) is 5.92 Å². The predicted octanol–water partition coefficient (Wildman–Crippen LogP) is 12.8. The Morgan fingerprint density at radius 3 is 1.24 bits per heavy atom. The molecule has 0 aliphatic heterocycles. The molecule has 0 saturated carbocycles. The third-order valence-corrected chi connectivity index (χ3v) is 11.5. The molecule has 0 bridgehead atoms. The van der Waals surface area contributed by atoms with Gasteiger partial charge in [0.2, 0.25) is 0 Å². The van der Waals surface area contributed by atoms with E-state index in [-0.39, 0.29) is 38.0 Å². The SMILES string of the molecule is CCCCCCCCCCCCCCCCCC(=O)CC(COC(=O)CCCCCCCCCCCCCCCCC)COP(=O)([O-])OCC[N+](C)(C)C. The minimum Gasteiger partial charge on any atom is -0.756 e. The topological polar surface area (TPSA) is 102 Å². The van der Waals surface area contributed by atoms with E-state index >= 15 is 0 Å². The highest BCUT2D eigenvalue weighted by Gasteiger charge is 2.21. The average Bonchev–Trinajstić information content (AvgIpc) is 3.12. The van der Waals surface area contributed by atoms with Crippen LogP contribution < -0.4 is 4.89 Å². The van der Waals surface area contributed by atoms with Crippen LogP contribution in [0.1, 0.15) is 226 Å². The molecule has 0 aliphatic carbocycles. The number of nitrogens with zero attached hydrogens (tertiary/aromatic N) is 1. The second-order valence-electron chi connectivity index (χ2n) is 17.3. The Bertz CT molecular complexity index is 894. The standard InChI is InChI=1S/C45H90NO7P/c1-6-8-10-12-14-16-18-20-22-24-26-28-30-32-34-36-44(47)40-43(42-53-54(49,50)52-39-38-46(3,4)5)41-51-45(48)37-35-33-31-29-27-25-23-21-19-17-15-13-11-9-7-2/h43H,6-42H2,1-5H3. The summed E-state index contributed by atoms with van der Waals surface area (Å²) in [7, 11) is 1.32. The van der Waals surface area contributed by atoms with Gasteiger partial charge in [0.05, 0.1) is 34.4 Å². The van der Waals surface area contributed by atoms with Crippen molar-refractivity contribution in [1.29, 1.82) is 0 Å².